The third-order valence-corrected chi connectivity index (χ3v) is 13.0. The van der Waals surface area contributed by atoms with E-state index in [2.05, 4.69) is 47.4 Å². The highest BCUT2D eigenvalue weighted by molar-refractivity contribution is 8.13. The molecule has 352 valence electrons. The number of phosphoric ester groups is 3. The van der Waals surface area contributed by atoms with Crippen LogP contribution >= 0.6 is 35.2 Å². The summed E-state index contributed by atoms with van der Waals surface area (Å²) in [5, 5.41) is 36.3. The number of allylic oxidation sites excluding steroid dienone is 2. The lowest BCUT2D eigenvalue weighted by Gasteiger charge is -2.30. The van der Waals surface area contributed by atoms with Crippen molar-refractivity contribution >= 4 is 69.1 Å². The van der Waals surface area contributed by atoms with E-state index >= 15 is 0 Å². The number of fused-ring (bicyclic) bond motifs is 1. The molecule has 1 fully saturated rings. The van der Waals surface area contributed by atoms with Crippen molar-refractivity contribution < 1.29 is 85.6 Å². The number of nitrogens with two attached hydrogens (primary N) is 1. The maximum Gasteiger partial charge on any atom is 0.481 e. The number of aromatic nitrogens is 4. The van der Waals surface area contributed by atoms with Gasteiger partial charge in [0.05, 0.1) is 25.6 Å². The molecule has 62 heavy (non-hydrogen) atoms. The van der Waals surface area contributed by atoms with Crippen molar-refractivity contribution in [2.45, 2.75) is 109 Å². The number of amides is 2. The zero-order valence-electron chi connectivity index (χ0n) is 34.2. The molecule has 29 heteroatoms. The van der Waals surface area contributed by atoms with E-state index in [0.29, 0.717) is 12.8 Å². The number of imidazole rings is 1. The number of anilines is 1. The van der Waals surface area contributed by atoms with E-state index in [1.165, 1.54) is 20.3 Å². The average molecular weight is 964 g/mol. The molecule has 0 radical (unpaired) electrons. The Morgan fingerprint density at radius 1 is 1.02 bits per heavy atom. The van der Waals surface area contributed by atoms with E-state index in [-0.39, 0.29) is 53.8 Å². The first kappa shape index (κ1) is 53.6. The van der Waals surface area contributed by atoms with Gasteiger partial charge in [-0.2, -0.15) is 4.31 Å². The molecule has 2 amide bonds. The molecule has 8 atom stereocenters. The molecule has 0 aliphatic carbocycles. The van der Waals surface area contributed by atoms with Crippen LogP contribution in [0.2, 0.25) is 0 Å². The highest BCUT2D eigenvalue weighted by Crippen LogP contribution is 2.61. The fourth-order valence-electron chi connectivity index (χ4n) is 5.68. The largest absolute Gasteiger partial charge is 0.481 e. The number of rotatable bonds is 28. The number of carbonyl (C=O) groups is 3. The van der Waals surface area contributed by atoms with Crippen LogP contribution in [-0.4, -0.2) is 134 Å². The normalized spacial score (nSPS) is 21.4. The minimum atomic E-state index is -5.58. The maximum absolute atomic E-state index is 12.7. The van der Waals surface area contributed by atoms with Gasteiger partial charge in [0.2, 0.25) is 11.8 Å². The van der Waals surface area contributed by atoms with Gasteiger partial charge in [-0.1, -0.05) is 57.5 Å². The Bertz CT molecular complexity index is 1970. The number of nitrogens with one attached hydrogen (secondary N) is 2. The number of hydrogen-bond donors (Lipinski definition) is 10. The van der Waals surface area contributed by atoms with Gasteiger partial charge in [0.25, 0.3) is 0 Å². The number of aliphatic hydroxyl groups is 3. The van der Waals surface area contributed by atoms with Crippen molar-refractivity contribution in [1.29, 1.82) is 0 Å². The minimum absolute atomic E-state index is 0.00975. The third kappa shape index (κ3) is 18.0. The quantitative estimate of drug-likeness (QED) is 0.0327. The molecule has 0 saturated carbocycles. The molecule has 3 rings (SSSR count). The van der Waals surface area contributed by atoms with Crippen LogP contribution in [0.15, 0.2) is 24.8 Å². The Balaban J connectivity index is 1.40. The summed E-state index contributed by atoms with van der Waals surface area (Å²) >= 11 is 0.973. The number of thioether (sulfide) groups is 1. The van der Waals surface area contributed by atoms with Crippen molar-refractivity contribution in [1.82, 2.24) is 30.2 Å². The summed E-state index contributed by atoms with van der Waals surface area (Å²) in [4.78, 5) is 88.0. The molecule has 11 N–H and O–H groups in total. The highest BCUT2D eigenvalue weighted by Gasteiger charge is 2.50. The van der Waals surface area contributed by atoms with Crippen molar-refractivity contribution in [2.24, 2.45) is 5.41 Å². The molecule has 3 heterocycles. The number of hydrogen-bond acceptors (Lipinski definition) is 19. The molecule has 25 nitrogen and oxygen atoms in total. The number of aliphatic hydroxyl groups excluding tert-OH is 3. The summed E-state index contributed by atoms with van der Waals surface area (Å²) in [7, 11) is -16.4. The lowest BCUT2D eigenvalue weighted by molar-refractivity contribution is -0.137. The van der Waals surface area contributed by atoms with Crippen LogP contribution in [0, 0.1) is 5.41 Å². The molecule has 8 unspecified atom stereocenters. The first-order valence-electron chi connectivity index (χ1n) is 19.3. The fraction of sp³-hybridized carbons (Fsp3) is 0.697. The van der Waals surface area contributed by atoms with E-state index < -0.39 is 90.7 Å². The number of unbranched alkanes of at least 4 members (excludes halogenated alkanes) is 3. The number of nitrogen functional groups attached to an aromatic ring is 1. The van der Waals surface area contributed by atoms with Gasteiger partial charge in [-0.05, 0) is 25.7 Å². The van der Waals surface area contributed by atoms with Crippen LogP contribution < -0.4 is 16.4 Å². The second kappa shape index (κ2) is 24.5. The summed E-state index contributed by atoms with van der Waals surface area (Å²) < 4.78 is 62.2. The Morgan fingerprint density at radius 3 is 2.40 bits per heavy atom. The van der Waals surface area contributed by atoms with E-state index in [1.807, 2.05) is 6.08 Å². The lowest BCUT2D eigenvalue weighted by Crippen LogP contribution is -2.46. The molecular formula is C33H56N7O18P3S. The minimum Gasteiger partial charge on any atom is -0.393 e. The average Bonchev–Trinajstić information content (AvgIpc) is 3.74. The molecular weight excluding hydrogens is 907 g/mol. The molecule has 0 spiro atoms. The second-order valence-corrected chi connectivity index (χ2v) is 20.1. The lowest BCUT2D eigenvalue weighted by atomic mass is 9.87. The monoisotopic (exact) mass is 963 g/mol. The first-order valence-corrected chi connectivity index (χ1v) is 24.8. The topological polar surface area (TPSA) is 384 Å². The van der Waals surface area contributed by atoms with Gasteiger partial charge in [-0.3, -0.25) is 32.5 Å². The standard InChI is InChI=1S/C33H56N7O18P3S/c1-4-5-6-7-8-9-10-11-21(41)16-24(43)62-15-14-35-23(42)12-13-36-31(46)28(45)33(2,3)18-55-61(52,53)58-60(50,51)54-17-22-27(57-59(47,48)49)26(44)32(56-22)40-20-39-25-29(34)37-19-38-30(25)40/h8-9,19-22,26-28,32,41,44-45H,4-7,10-18H2,1-3H3,(H,35,42)(H,36,46)(H,50,51)(H,52,53)(H2,34,37,38)(H2,47,48,49)/b9-8+. The van der Waals surface area contributed by atoms with Crippen molar-refractivity contribution in [3.05, 3.63) is 24.8 Å². The van der Waals surface area contributed by atoms with Crippen molar-refractivity contribution in [3.8, 4) is 0 Å². The molecule has 2 aromatic heterocycles. The Kier molecular flexibility index (Phi) is 21.2. The summed E-state index contributed by atoms with van der Waals surface area (Å²) in [6, 6.07) is 0. The zero-order valence-corrected chi connectivity index (χ0v) is 37.7. The molecule has 1 aliphatic heterocycles. The van der Waals surface area contributed by atoms with E-state index in [0.717, 1.165) is 48.2 Å². The van der Waals surface area contributed by atoms with Gasteiger partial charge in [0.1, 0.15) is 36.3 Å². The fourth-order valence-corrected chi connectivity index (χ4v) is 9.26. The van der Waals surface area contributed by atoms with Crippen LogP contribution in [0.1, 0.15) is 78.4 Å². The van der Waals surface area contributed by atoms with Crippen LogP contribution in [0.4, 0.5) is 5.82 Å². The van der Waals surface area contributed by atoms with Gasteiger partial charge in [0, 0.05) is 37.1 Å². The highest BCUT2D eigenvalue weighted by atomic mass is 32.2. The Hall–Kier alpha value is -2.74. The molecule has 0 aromatic carbocycles. The predicted octanol–water partition coefficient (Wildman–Crippen LogP) is 1.33. The second-order valence-electron chi connectivity index (χ2n) is 14.7. The predicted molar refractivity (Wildman–Crippen MR) is 220 cm³/mol. The Morgan fingerprint density at radius 2 is 1.71 bits per heavy atom. The molecule has 1 saturated heterocycles. The summed E-state index contributed by atoms with van der Waals surface area (Å²) in [6.07, 6.45) is 1.89. The summed E-state index contributed by atoms with van der Waals surface area (Å²) in [6.45, 7) is 2.50. The van der Waals surface area contributed by atoms with Gasteiger partial charge in [-0.25, -0.2) is 28.6 Å². The number of carbonyl (C=O) groups excluding carboxylic acids is 3. The van der Waals surface area contributed by atoms with Gasteiger partial charge < -0.3 is 56.0 Å². The molecule has 1 aliphatic rings. The van der Waals surface area contributed by atoms with Gasteiger partial charge in [0.15, 0.2) is 22.8 Å². The third-order valence-electron chi connectivity index (χ3n) is 8.97. The number of nitrogens with zero attached hydrogens (tertiary/aromatic N) is 4. The van der Waals surface area contributed by atoms with E-state index in [9.17, 15) is 63.0 Å². The summed E-state index contributed by atoms with van der Waals surface area (Å²) in [5.41, 5.74) is 4.24. The molecule has 2 aromatic rings. The van der Waals surface area contributed by atoms with Gasteiger partial charge in [-0.15, -0.1) is 0 Å². The van der Waals surface area contributed by atoms with Crippen molar-refractivity contribution in [3.63, 3.8) is 0 Å². The van der Waals surface area contributed by atoms with E-state index in [1.54, 1.807) is 0 Å². The summed E-state index contributed by atoms with van der Waals surface area (Å²) in [5.74, 6) is -1.25. The zero-order chi connectivity index (χ0) is 46.3. The maximum atomic E-state index is 12.7. The van der Waals surface area contributed by atoms with Crippen LogP contribution in [0.5, 0.6) is 0 Å². The smallest absolute Gasteiger partial charge is 0.393 e. The van der Waals surface area contributed by atoms with Crippen LogP contribution in [-0.2, 0) is 50.7 Å². The number of ether oxygens (including phenoxy) is 1. The first-order chi connectivity index (χ1) is 28.9. The SMILES string of the molecule is CCCCC/C=C/CCC(O)CC(=O)SCCNC(=O)CCNC(=O)C(O)C(C)(C)COP(=O)(O)OP(=O)(O)OCC1OC(n2cnc3c(N)ncnc32)C(O)C1OP(=O)(O)O. The van der Waals surface area contributed by atoms with Crippen LogP contribution in [0.25, 0.3) is 11.2 Å². The number of phosphoric acid groups is 3. The van der Waals surface area contributed by atoms with Crippen molar-refractivity contribution in [2.75, 3.05) is 37.8 Å². The molecule has 0 bridgehead atoms. The Labute approximate surface area is 361 Å². The van der Waals surface area contributed by atoms with Gasteiger partial charge >= 0.3 is 23.5 Å². The van der Waals surface area contributed by atoms with Crippen LogP contribution in [0.3, 0.4) is 0 Å². The van der Waals surface area contributed by atoms with E-state index in [4.69, 9.17) is 19.5 Å².